The predicted molar refractivity (Wildman–Crippen MR) is 47.2 cm³/mol. The molecule has 1 aromatic rings. The molecule has 1 aromatic heterocycles. The summed E-state index contributed by atoms with van der Waals surface area (Å²) < 4.78 is 10.5. The lowest BCUT2D eigenvalue weighted by atomic mass is 10.1. The lowest BCUT2D eigenvalue weighted by Gasteiger charge is -2.22. The van der Waals surface area contributed by atoms with E-state index < -0.39 is 0 Å². The highest BCUT2D eigenvalue weighted by atomic mass is 16.5. The summed E-state index contributed by atoms with van der Waals surface area (Å²) in [5.74, 6) is 0.880. The summed E-state index contributed by atoms with van der Waals surface area (Å²) in [7, 11) is 0. The minimum Gasteiger partial charge on any atom is -0.447 e. The zero-order valence-corrected chi connectivity index (χ0v) is 7.53. The van der Waals surface area contributed by atoms with Crippen molar-refractivity contribution in [2.75, 3.05) is 13.2 Å². The van der Waals surface area contributed by atoms with Gasteiger partial charge < -0.3 is 14.5 Å². The summed E-state index contributed by atoms with van der Waals surface area (Å²) >= 11 is 0. The summed E-state index contributed by atoms with van der Waals surface area (Å²) in [6.45, 7) is 2.46. The van der Waals surface area contributed by atoms with Gasteiger partial charge in [-0.3, -0.25) is 0 Å². The summed E-state index contributed by atoms with van der Waals surface area (Å²) in [5.41, 5.74) is 0. The highest BCUT2D eigenvalue weighted by Gasteiger charge is 2.13. The largest absolute Gasteiger partial charge is 0.447 e. The number of oxazole rings is 1. The Kier molecular flexibility index (Phi) is 2.94. The lowest BCUT2D eigenvalue weighted by molar-refractivity contribution is 0.0693. The maximum absolute atomic E-state index is 5.34. The molecule has 0 saturated carbocycles. The van der Waals surface area contributed by atoms with E-state index in [0.717, 1.165) is 31.9 Å². The Hall–Kier alpha value is -0.870. The summed E-state index contributed by atoms with van der Waals surface area (Å²) in [6.07, 6.45) is 5.52. The van der Waals surface area contributed by atoms with Crippen LogP contribution in [0.4, 0.5) is 0 Å². The van der Waals surface area contributed by atoms with Crippen LogP contribution in [0.3, 0.4) is 0 Å². The normalized spacial score (nSPS) is 23.2. The molecular weight excluding hydrogens is 168 g/mol. The molecule has 72 valence electrons. The molecular formula is C9H14N2O2. The quantitative estimate of drug-likeness (QED) is 0.755. The van der Waals surface area contributed by atoms with Crippen molar-refractivity contribution in [3.8, 4) is 0 Å². The van der Waals surface area contributed by atoms with E-state index in [2.05, 4.69) is 10.3 Å². The molecule has 0 amide bonds. The molecule has 1 saturated heterocycles. The SMILES string of the molecule is c1ncc(CNC2CCCOC2)o1. The highest BCUT2D eigenvalue weighted by Crippen LogP contribution is 2.06. The third-order valence-corrected chi connectivity index (χ3v) is 2.21. The molecule has 1 unspecified atom stereocenters. The van der Waals surface area contributed by atoms with Gasteiger partial charge in [0.1, 0.15) is 5.76 Å². The lowest BCUT2D eigenvalue weighted by Crippen LogP contribution is -2.36. The third-order valence-electron chi connectivity index (χ3n) is 2.21. The van der Waals surface area contributed by atoms with Gasteiger partial charge in [0.05, 0.1) is 19.3 Å². The van der Waals surface area contributed by atoms with Crippen molar-refractivity contribution in [3.05, 3.63) is 18.4 Å². The molecule has 1 aliphatic heterocycles. The maximum atomic E-state index is 5.34. The number of hydrogen-bond donors (Lipinski definition) is 1. The second-order valence-corrected chi connectivity index (χ2v) is 3.26. The van der Waals surface area contributed by atoms with Crippen LogP contribution in [0.1, 0.15) is 18.6 Å². The topological polar surface area (TPSA) is 47.3 Å². The molecule has 0 aromatic carbocycles. The Bertz CT molecular complexity index is 230. The number of hydrogen-bond acceptors (Lipinski definition) is 4. The smallest absolute Gasteiger partial charge is 0.180 e. The molecule has 2 heterocycles. The van der Waals surface area contributed by atoms with Gasteiger partial charge in [0.15, 0.2) is 6.39 Å². The molecule has 0 bridgehead atoms. The average Bonchev–Trinajstić information content (AvgIpc) is 2.69. The summed E-state index contributed by atoms with van der Waals surface area (Å²) in [6, 6.07) is 0.471. The van der Waals surface area contributed by atoms with Crippen LogP contribution in [0.5, 0.6) is 0 Å². The first-order chi connectivity index (χ1) is 6.45. The Morgan fingerprint density at radius 2 is 2.62 bits per heavy atom. The zero-order chi connectivity index (χ0) is 8.93. The van der Waals surface area contributed by atoms with Crippen LogP contribution in [-0.4, -0.2) is 24.2 Å². The molecule has 1 N–H and O–H groups in total. The van der Waals surface area contributed by atoms with Gasteiger partial charge in [0.25, 0.3) is 0 Å². The molecule has 1 aliphatic rings. The molecule has 0 spiro atoms. The van der Waals surface area contributed by atoms with Crippen LogP contribution in [0, 0.1) is 0 Å². The first-order valence-corrected chi connectivity index (χ1v) is 4.63. The van der Waals surface area contributed by atoms with Crippen LogP contribution in [-0.2, 0) is 11.3 Å². The van der Waals surface area contributed by atoms with Gasteiger partial charge in [0.2, 0.25) is 0 Å². The first-order valence-electron chi connectivity index (χ1n) is 4.63. The van der Waals surface area contributed by atoms with Gasteiger partial charge in [-0.2, -0.15) is 0 Å². The second-order valence-electron chi connectivity index (χ2n) is 3.26. The van der Waals surface area contributed by atoms with E-state index in [0.29, 0.717) is 6.04 Å². The van der Waals surface area contributed by atoms with E-state index in [-0.39, 0.29) is 0 Å². The average molecular weight is 182 g/mol. The van der Waals surface area contributed by atoms with Crippen LogP contribution in [0.2, 0.25) is 0 Å². The fourth-order valence-electron chi connectivity index (χ4n) is 1.48. The monoisotopic (exact) mass is 182 g/mol. The van der Waals surface area contributed by atoms with Crippen molar-refractivity contribution in [1.82, 2.24) is 10.3 Å². The van der Waals surface area contributed by atoms with Gasteiger partial charge >= 0.3 is 0 Å². The van der Waals surface area contributed by atoms with Crippen molar-refractivity contribution in [3.63, 3.8) is 0 Å². The molecule has 13 heavy (non-hydrogen) atoms. The highest BCUT2D eigenvalue weighted by molar-refractivity contribution is 4.88. The molecule has 2 rings (SSSR count). The minimum absolute atomic E-state index is 0.471. The van der Waals surface area contributed by atoms with Gasteiger partial charge in [0, 0.05) is 12.6 Å². The Morgan fingerprint density at radius 3 is 3.31 bits per heavy atom. The van der Waals surface area contributed by atoms with E-state index in [9.17, 15) is 0 Å². The van der Waals surface area contributed by atoms with Crippen LogP contribution < -0.4 is 5.32 Å². The summed E-state index contributed by atoms with van der Waals surface area (Å²) in [4.78, 5) is 3.85. The number of ether oxygens (including phenoxy) is 1. The number of aromatic nitrogens is 1. The van der Waals surface area contributed by atoms with Crippen molar-refractivity contribution in [1.29, 1.82) is 0 Å². The van der Waals surface area contributed by atoms with Crippen LogP contribution >= 0.6 is 0 Å². The van der Waals surface area contributed by atoms with Crippen molar-refractivity contribution < 1.29 is 9.15 Å². The number of nitrogens with zero attached hydrogens (tertiary/aromatic N) is 1. The standard InChI is InChI=1S/C9H14N2O2/c1-2-8(6-12-3-1)11-5-9-4-10-7-13-9/h4,7-8,11H,1-3,5-6H2. The molecule has 4 heteroatoms. The Labute approximate surface area is 77.3 Å². The molecule has 1 atom stereocenters. The Balaban J connectivity index is 1.72. The van der Waals surface area contributed by atoms with E-state index in [1.807, 2.05) is 0 Å². The van der Waals surface area contributed by atoms with E-state index in [4.69, 9.17) is 9.15 Å². The van der Waals surface area contributed by atoms with E-state index >= 15 is 0 Å². The van der Waals surface area contributed by atoms with Crippen molar-refractivity contribution in [2.45, 2.75) is 25.4 Å². The fraction of sp³-hybridized carbons (Fsp3) is 0.667. The van der Waals surface area contributed by atoms with Gasteiger partial charge in [-0.25, -0.2) is 4.98 Å². The molecule has 0 radical (unpaired) electrons. The van der Waals surface area contributed by atoms with Crippen LogP contribution in [0.15, 0.2) is 17.0 Å². The van der Waals surface area contributed by atoms with Gasteiger partial charge in [-0.15, -0.1) is 0 Å². The summed E-state index contributed by atoms with van der Waals surface area (Å²) in [5, 5.41) is 3.37. The predicted octanol–water partition coefficient (Wildman–Crippen LogP) is 0.943. The van der Waals surface area contributed by atoms with E-state index in [1.54, 1.807) is 6.20 Å². The van der Waals surface area contributed by atoms with E-state index in [1.165, 1.54) is 12.8 Å². The minimum atomic E-state index is 0.471. The zero-order valence-electron chi connectivity index (χ0n) is 7.53. The second kappa shape index (κ2) is 4.39. The third kappa shape index (κ3) is 2.54. The molecule has 1 fully saturated rings. The number of nitrogens with one attached hydrogen (secondary N) is 1. The number of rotatable bonds is 3. The first kappa shape index (κ1) is 8.72. The maximum Gasteiger partial charge on any atom is 0.180 e. The van der Waals surface area contributed by atoms with Gasteiger partial charge in [-0.1, -0.05) is 0 Å². The molecule has 4 nitrogen and oxygen atoms in total. The van der Waals surface area contributed by atoms with Gasteiger partial charge in [-0.05, 0) is 12.8 Å². The fourth-order valence-corrected chi connectivity index (χ4v) is 1.48. The van der Waals surface area contributed by atoms with Crippen LogP contribution in [0.25, 0.3) is 0 Å². The Morgan fingerprint density at radius 1 is 1.62 bits per heavy atom. The molecule has 0 aliphatic carbocycles. The van der Waals surface area contributed by atoms with Crippen molar-refractivity contribution >= 4 is 0 Å². The van der Waals surface area contributed by atoms with Crippen molar-refractivity contribution in [2.24, 2.45) is 0 Å².